The van der Waals surface area contributed by atoms with Crippen LogP contribution < -0.4 is 0 Å². The average molecular weight is 303 g/mol. The Labute approximate surface area is 128 Å². The molecule has 0 spiro atoms. The van der Waals surface area contributed by atoms with Gasteiger partial charge >= 0.3 is 0 Å². The molecule has 0 aliphatic carbocycles. The molecule has 3 nitrogen and oxygen atoms in total. The van der Waals surface area contributed by atoms with Gasteiger partial charge in [-0.3, -0.25) is 0 Å². The van der Waals surface area contributed by atoms with Crippen molar-refractivity contribution in [3.05, 3.63) is 70.8 Å². The molecule has 0 saturated carbocycles. The predicted octanol–water partition coefficient (Wildman–Crippen LogP) is 3.44. The number of rotatable bonds is 6. The Hall–Kier alpha value is -1.49. The highest BCUT2D eigenvalue weighted by atomic mass is 32.2. The minimum absolute atomic E-state index is 0.0196. The van der Waals surface area contributed by atoms with Gasteiger partial charge in [-0.25, -0.2) is 4.21 Å². The zero-order chi connectivity index (χ0) is 15.2. The first-order chi connectivity index (χ1) is 10.0. The minimum atomic E-state index is -2.48. The molecule has 21 heavy (non-hydrogen) atoms. The first kappa shape index (κ1) is 15.9. The molecule has 0 bridgehead atoms. The van der Waals surface area contributed by atoms with Gasteiger partial charge in [-0.05, 0) is 31.4 Å². The minimum Gasteiger partial charge on any atom is -0.750 e. The summed E-state index contributed by atoms with van der Waals surface area (Å²) in [6.45, 7) is 4.24. The molecule has 2 unspecified atom stereocenters. The molecule has 2 aromatic rings. The molecule has 2 atom stereocenters. The van der Waals surface area contributed by atoms with Crippen LogP contribution in [0.15, 0.2) is 48.5 Å². The van der Waals surface area contributed by atoms with Gasteiger partial charge in [0.1, 0.15) is 0 Å². The maximum absolute atomic E-state index is 10.7. The van der Waals surface area contributed by atoms with Crippen molar-refractivity contribution in [2.75, 3.05) is 6.61 Å². The van der Waals surface area contributed by atoms with Crippen molar-refractivity contribution in [2.24, 2.45) is 0 Å². The van der Waals surface area contributed by atoms with Crippen LogP contribution in [0.25, 0.3) is 0 Å². The number of aryl methyl sites for hydroxylation is 2. The maximum atomic E-state index is 10.7. The lowest BCUT2D eigenvalue weighted by atomic mass is 9.92. The van der Waals surface area contributed by atoms with Crippen LogP contribution in [-0.2, 0) is 22.0 Å². The Morgan fingerprint density at radius 2 is 1.52 bits per heavy atom. The fraction of sp³-hybridized carbons (Fsp3) is 0.294. The third-order valence-corrected chi connectivity index (χ3v) is 3.85. The van der Waals surface area contributed by atoms with Crippen LogP contribution in [0.5, 0.6) is 0 Å². The zero-order valence-electron chi connectivity index (χ0n) is 12.2. The summed E-state index contributed by atoms with van der Waals surface area (Å²) in [4.78, 5) is 0. The topological polar surface area (TPSA) is 49.4 Å². The third-order valence-electron chi connectivity index (χ3n) is 3.52. The van der Waals surface area contributed by atoms with Gasteiger partial charge in [-0.15, -0.1) is 0 Å². The molecule has 4 heteroatoms. The van der Waals surface area contributed by atoms with Gasteiger partial charge in [0.2, 0.25) is 0 Å². The first-order valence-corrected chi connectivity index (χ1v) is 7.89. The predicted molar refractivity (Wildman–Crippen MR) is 83.7 cm³/mol. The van der Waals surface area contributed by atoms with E-state index in [4.69, 9.17) is 4.18 Å². The summed E-state index contributed by atoms with van der Waals surface area (Å²) in [6, 6.07) is 16.4. The van der Waals surface area contributed by atoms with Crippen LogP contribution in [0.4, 0.5) is 0 Å². The summed E-state index contributed by atoms with van der Waals surface area (Å²) in [5, 5.41) is 0. The van der Waals surface area contributed by atoms with Crippen LogP contribution in [-0.4, -0.2) is 15.4 Å². The zero-order valence-corrected chi connectivity index (χ0v) is 13.1. The van der Waals surface area contributed by atoms with Crippen LogP contribution in [0.3, 0.4) is 0 Å². The van der Waals surface area contributed by atoms with E-state index in [0.29, 0.717) is 0 Å². The molecule has 0 saturated heterocycles. The van der Waals surface area contributed by atoms with E-state index >= 15 is 0 Å². The highest BCUT2D eigenvalue weighted by molar-refractivity contribution is 7.74. The second kappa shape index (κ2) is 7.50. The van der Waals surface area contributed by atoms with Crippen molar-refractivity contribution >= 4 is 11.4 Å². The molecule has 0 N–H and O–H groups in total. The van der Waals surface area contributed by atoms with E-state index in [1.807, 2.05) is 38.1 Å². The smallest absolute Gasteiger partial charge is 0.0842 e. The molecule has 0 heterocycles. The Balaban J connectivity index is 2.16. The van der Waals surface area contributed by atoms with E-state index < -0.39 is 11.4 Å². The van der Waals surface area contributed by atoms with Crippen molar-refractivity contribution in [2.45, 2.75) is 26.2 Å². The summed E-state index contributed by atoms with van der Waals surface area (Å²) in [5.41, 5.74) is 4.65. The highest BCUT2D eigenvalue weighted by Crippen LogP contribution is 2.22. The van der Waals surface area contributed by atoms with Crippen molar-refractivity contribution in [1.82, 2.24) is 0 Å². The van der Waals surface area contributed by atoms with Gasteiger partial charge in [-0.1, -0.05) is 59.7 Å². The van der Waals surface area contributed by atoms with Crippen molar-refractivity contribution in [1.29, 1.82) is 0 Å². The first-order valence-electron chi connectivity index (χ1n) is 6.89. The van der Waals surface area contributed by atoms with Crippen LogP contribution in [0.1, 0.15) is 28.2 Å². The Bertz CT molecular complexity index is 590. The Kier molecular flexibility index (Phi) is 5.67. The summed E-state index contributed by atoms with van der Waals surface area (Å²) in [6.07, 6.45) is 0.751. The normalized spacial score (nSPS) is 13.9. The molecule has 0 aliphatic heterocycles. The molecule has 2 aromatic carbocycles. The Morgan fingerprint density at radius 1 is 1.00 bits per heavy atom. The summed E-state index contributed by atoms with van der Waals surface area (Å²) >= 11 is -2.48. The van der Waals surface area contributed by atoms with Crippen LogP contribution in [0, 0.1) is 13.8 Å². The van der Waals surface area contributed by atoms with E-state index in [2.05, 4.69) is 24.3 Å². The van der Waals surface area contributed by atoms with E-state index in [0.717, 1.165) is 12.0 Å². The van der Waals surface area contributed by atoms with Gasteiger partial charge in [0.05, 0.1) is 18.0 Å². The molecule has 2 rings (SSSR count). The Morgan fingerprint density at radius 3 is 2.05 bits per heavy atom. The number of benzene rings is 2. The lowest BCUT2D eigenvalue weighted by Gasteiger charge is -2.18. The van der Waals surface area contributed by atoms with Crippen molar-refractivity contribution in [3.8, 4) is 0 Å². The second-order valence-corrected chi connectivity index (χ2v) is 5.93. The van der Waals surface area contributed by atoms with Gasteiger partial charge in [0.15, 0.2) is 0 Å². The summed E-state index contributed by atoms with van der Waals surface area (Å²) in [7, 11) is 0. The van der Waals surface area contributed by atoms with Crippen LogP contribution in [0.2, 0.25) is 0 Å². The number of hydrogen-bond donors (Lipinski definition) is 0. The molecule has 0 aromatic heterocycles. The lowest BCUT2D eigenvalue weighted by molar-refractivity contribution is 0.276. The van der Waals surface area contributed by atoms with Gasteiger partial charge in [0, 0.05) is 5.92 Å². The maximum Gasteiger partial charge on any atom is 0.0842 e. The average Bonchev–Trinajstić information content (AvgIpc) is 2.46. The number of hydrogen-bond acceptors (Lipinski definition) is 3. The fourth-order valence-corrected chi connectivity index (χ4v) is 2.53. The molecule has 0 fully saturated rings. The molecule has 0 amide bonds. The van der Waals surface area contributed by atoms with Crippen molar-refractivity contribution in [3.63, 3.8) is 0 Å². The van der Waals surface area contributed by atoms with Crippen LogP contribution >= 0.6 is 0 Å². The lowest BCUT2D eigenvalue weighted by Crippen LogP contribution is -2.12. The summed E-state index contributed by atoms with van der Waals surface area (Å²) in [5.74, 6) is 0.0196. The van der Waals surface area contributed by atoms with Gasteiger partial charge in [-0.2, -0.15) is 0 Å². The monoisotopic (exact) mass is 303 g/mol. The summed E-state index contributed by atoms with van der Waals surface area (Å²) < 4.78 is 26.1. The van der Waals surface area contributed by atoms with E-state index in [9.17, 15) is 8.76 Å². The molecule has 0 radical (unpaired) electrons. The molecular weight excluding hydrogens is 284 g/mol. The SMILES string of the molecule is Cc1ccc(CC(COS(=O)[O-])c2ccc(C)cc2)cc1. The van der Waals surface area contributed by atoms with Gasteiger partial charge in [0.25, 0.3) is 0 Å². The van der Waals surface area contributed by atoms with E-state index in [1.54, 1.807) is 0 Å². The largest absolute Gasteiger partial charge is 0.750 e. The molecule has 112 valence electrons. The van der Waals surface area contributed by atoms with Crippen molar-refractivity contribution < 1.29 is 12.9 Å². The van der Waals surface area contributed by atoms with E-state index in [-0.39, 0.29) is 12.5 Å². The quantitative estimate of drug-likeness (QED) is 0.768. The molecule has 0 aliphatic rings. The highest BCUT2D eigenvalue weighted by Gasteiger charge is 2.13. The van der Waals surface area contributed by atoms with E-state index in [1.165, 1.54) is 16.7 Å². The molecular formula is C17H19O3S-. The standard InChI is InChI=1S/C17H20O3S/c1-13-3-7-15(8-4-13)11-17(12-20-21(18)19)16-9-5-14(2)6-10-16/h3-10,17H,11-12H2,1-2H3,(H,18,19)/p-1. The fourth-order valence-electron chi connectivity index (χ4n) is 2.26. The second-order valence-electron chi connectivity index (χ2n) is 5.29. The van der Waals surface area contributed by atoms with Gasteiger partial charge < -0.3 is 8.74 Å². The third kappa shape index (κ3) is 5.08.